The Balaban J connectivity index is 0.000001000. The standard InChI is InChI=1S/C8H8O2.Cr/c1-6(9)7-4-2-3-5-8(7)10;/h2-5,10H,1H3;/q;+3. The summed E-state index contributed by atoms with van der Waals surface area (Å²) in [5, 5.41) is 9.06. The van der Waals surface area contributed by atoms with Crippen LogP contribution in [0.3, 0.4) is 0 Å². The molecule has 0 saturated heterocycles. The number of phenolic OH excluding ortho intramolecular Hbond substituents is 1. The van der Waals surface area contributed by atoms with Crippen molar-refractivity contribution in [2.45, 2.75) is 6.92 Å². The molecule has 1 N–H and O–H groups in total. The van der Waals surface area contributed by atoms with Crippen molar-refractivity contribution in [2.24, 2.45) is 0 Å². The van der Waals surface area contributed by atoms with Crippen LogP contribution < -0.4 is 0 Å². The second-order valence-corrected chi connectivity index (χ2v) is 2.07. The molecule has 55 valence electrons. The van der Waals surface area contributed by atoms with Gasteiger partial charge in [0.1, 0.15) is 5.75 Å². The maximum atomic E-state index is 10.7. The van der Waals surface area contributed by atoms with Crippen LogP contribution in [0.15, 0.2) is 24.3 Å². The Morgan fingerprint density at radius 3 is 2.27 bits per heavy atom. The Morgan fingerprint density at radius 2 is 1.91 bits per heavy atom. The van der Waals surface area contributed by atoms with Gasteiger partial charge in [-0.1, -0.05) is 12.1 Å². The summed E-state index contributed by atoms with van der Waals surface area (Å²) in [7, 11) is 0. The maximum Gasteiger partial charge on any atom is 3.00 e. The van der Waals surface area contributed by atoms with E-state index < -0.39 is 0 Å². The Labute approximate surface area is 76.0 Å². The summed E-state index contributed by atoms with van der Waals surface area (Å²) in [6.45, 7) is 1.43. The molecule has 1 radical (unpaired) electrons. The largest absolute Gasteiger partial charge is 3.00 e. The summed E-state index contributed by atoms with van der Waals surface area (Å²) >= 11 is 0. The van der Waals surface area contributed by atoms with Crippen LogP contribution in [0.25, 0.3) is 0 Å². The van der Waals surface area contributed by atoms with Crippen LogP contribution in [0.5, 0.6) is 5.75 Å². The van der Waals surface area contributed by atoms with E-state index in [-0.39, 0.29) is 28.9 Å². The molecule has 0 bridgehead atoms. The summed E-state index contributed by atoms with van der Waals surface area (Å²) in [5.41, 5.74) is 0.377. The fourth-order valence-corrected chi connectivity index (χ4v) is 0.771. The number of ketones is 1. The Hall–Kier alpha value is -0.778. The van der Waals surface area contributed by atoms with E-state index in [1.165, 1.54) is 13.0 Å². The molecule has 0 aliphatic heterocycles. The normalized spacial score (nSPS) is 8.45. The van der Waals surface area contributed by atoms with Crippen molar-refractivity contribution in [2.75, 3.05) is 0 Å². The van der Waals surface area contributed by atoms with Gasteiger partial charge in [0.2, 0.25) is 0 Å². The number of hydrogen-bond donors (Lipinski definition) is 1. The van der Waals surface area contributed by atoms with Crippen molar-refractivity contribution < 1.29 is 27.3 Å². The van der Waals surface area contributed by atoms with Crippen molar-refractivity contribution in [3.63, 3.8) is 0 Å². The van der Waals surface area contributed by atoms with E-state index in [1.54, 1.807) is 18.2 Å². The number of hydrogen-bond acceptors (Lipinski definition) is 2. The molecule has 0 spiro atoms. The summed E-state index contributed by atoms with van der Waals surface area (Å²) < 4.78 is 0. The molecule has 11 heavy (non-hydrogen) atoms. The van der Waals surface area contributed by atoms with E-state index in [1.807, 2.05) is 0 Å². The number of phenols is 1. The average Bonchev–Trinajstić information content (AvgIpc) is 1.88. The minimum absolute atomic E-state index is 0. The minimum atomic E-state index is -0.113. The van der Waals surface area contributed by atoms with Gasteiger partial charge in [-0.05, 0) is 19.1 Å². The monoisotopic (exact) mass is 188 g/mol. The molecule has 0 aliphatic rings. The molecular formula is C8H8CrO2+3. The van der Waals surface area contributed by atoms with Crippen molar-refractivity contribution in [3.05, 3.63) is 29.8 Å². The summed E-state index contributed by atoms with van der Waals surface area (Å²) in [4.78, 5) is 10.7. The first-order valence-electron chi connectivity index (χ1n) is 3.01. The quantitative estimate of drug-likeness (QED) is 0.679. The van der Waals surface area contributed by atoms with Crippen molar-refractivity contribution >= 4 is 5.78 Å². The van der Waals surface area contributed by atoms with Gasteiger partial charge in [-0.3, -0.25) is 4.79 Å². The first kappa shape index (κ1) is 10.2. The van der Waals surface area contributed by atoms with Crippen molar-refractivity contribution in [1.82, 2.24) is 0 Å². The molecule has 3 heteroatoms. The van der Waals surface area contributed by atoms with Crippen molar-refractivity contribution in [3.8, 4) is 5.75 Å². The van der Waals surface area contributed by atoms with E-state index in [0.717, 1.165) is 0 Å². The van der Waals surface area contributed by atoms with Crippen LogP contribution in [0.4, 0.5) is 0 Å². The number of para-hydroxylation sites is 1. The van der Waals surface area contributed by atoms with E-state index in [2.05, 4.69) is 0 Å². The number of rotatable bonds is 1. The molecule has 2 nitrogen and oxygen atoms in total. The molecule has 0 aliphatic carbocycles. The van der Waals surface area contributed by atoms with Gasteiger partial charge in [-0.25, -0.2) is 0 Å². The van der Waals surface area contributed by atoms with Gasteiger partial charge in [0, 0.05) is 0 Å². The zero-order valence-corrected chi connectivity index (χ0v) is 7.35. The van der Waals surface area contributed by atoms with Crippen LogP contribution in [-0.2, 0) is 17.4 Å². The fraction of sp³-hybridized carbons (Fsp3) is 0.125. The van der Waals surface area contributed by atoms with Gasteiger partial charge < -0.3 is 5.11 Å². The third kappa shape index (κ3) is 2.38. The van der Waals surface area contributed by atoms with Gasteiger partial charge in [0.05, 0.1) is 5.56 Å². The molecule has 0 unspecified atom stereocenters. The zero-order valence-electron chi connectivity index (χ0n) is 6.07. The zero-order chi connectivity index (χ0) is 7.56. The predicted octanol–water partition coefficient (Wildman–Crippen LogP) is 1.59. The summed E-state index contributed by atoms with van der Waals surface area (Å²) in [5.74, 6) is -0.0619. The Morgan fingerprint density at radius 1 is 1.36 bits per heavy atom. The van der Waals surface area contributed by atoms with Gasteiger partial charge >= 0.3 is 17.4 Å². The Kier molecular flexibility index (Phi) is 3.88. The Bertz CT molecular complexity index is 258. The molecule has 0 amide bonds. The topological polar surface area (TPSA) is 37.3 Å². The third-order valence-corrected chi connectivity index (χ3v) is 1.28. The minimum Gasteiger partial charge on any atom is -0.507 e. The van der Waals surface area contributed by atoms with E-state index in [0.29, 0.717) is 5.56 Å². The van der Waals surface area contributed by atoms with Gasteiger partial charge in [-0.2, -0.15) is 0 Å². The molecule has 0 fully saturated rings. The second-order valence-electron chi connectivity index (χ2n) is 2.07. The molecule has 0 saturated carbocycles. The van der Waals surface area contributed by atoms with Crippen molar-refractivity contribution in [1.29, 1.82) is 0 Å². The summed E-state index contributed by atoms with van der Waals surface area (Å²) in [6, 6.07) is 6.49. The van der Waals surface area contributed by atoms with Crippen LogP contribution >= 0.6 is 0 Å². The van der Waals surface area contributed by atoms with Gasteiger partial charge in [0.15, 0.2) is 5.78 Å². The molecule has 0 atom stereocenters. The van der Waals surface area contributed by atoms with Gasteiger partial charge in [0.25, 0.3) is 0 Å². The van der Waals surface area contributed by atoms with Crippen LogP contribution in [0.1, 0.15) is 17.3 Å². The third-order valence-electron chi connectivity index (χ3n) is 1.28. The molecule has 1 aromatic rings. The molecular weight excluding hydrogens is 180 g/mol. The van der Waals surface area contributed by atoms with Gasteiger partial charge in [-0.15, -0.1) is 0 Å². The van der Waals surface area contributed by atoms with E-state index >= 15 is 0 Å². The maximum absolute atomic E-state index is 10.7. The fourth-order valence-electron chi connectivity index (χ4n) is 0.771. The first-order valence-corrected chi connectivity index (χ1v) is 3.01. The smallest absolute Gasteiger partial charge is 0.507 e. The number of carbonyl (C=O) groups is 1. The number of carbonyl (C=O) groups excluding carboxylic acids is 1. The number of Topliss-reactive ketones (excluding diaryl/α,β-unsaturated/α-hetero) is 1. The van der Waals surface area contributed by atoms with E-state index in [4.69, 9.17) is 5.11 Å². The number of aromatic hydroxyl groups is 1. The second kappa shape index (κ2) is 4.17. The van der Waals surface area contributed by atoms with Crippen LogP contribution in [-0.4, -0.2) is 10.9 Å². The molecule has 1 rings (SSSR count). The summed E-state index contributed by atoms with van der Waals surface area (Å²) in [6.07, 6.45) is 0. The van der Waals surface area contributed by atoms with Crippen LogP contribution in [0, 0.1) is 0 Å². The van der Waals surface area contributed by atoms with Crippen LogP contribution in [0.2, 0.25) is 0 Å². The number of benzene rings is 1. The van der Waals surface area contributed by atoms with E-state index in [9.17, 15) is 4.79 Å². The first-order chi connectivity index (χ1) is 4.72. The SMILES string of the molecule is CC(=O)c1ccccc1O.[Cr+3]. The molecule has 1 aromatic carbocycles. The average molecular weight is 188 g/mol. The molecule has 0 heterocycles. The predicted molar refractivity (Wildman–Crippen MR) is 38.1 cm³/mol. The molecule has 0 aromatic heterocycles.